The highest BCUT2D eigenvalue weighted by Gasteiger charge is 2.75. The standard InChI is InChI=1S/C21H17NO6/c1-11-7-8-15-13(9-11)17(24)21(22-15,19(27)28-2)20(18(25)26)14-6-4-3-5-12(14)10-16(20)23/h3-9,22H,10H2,1-2H3,(H,25,26)/t20-,21-/m0/s1. The second kappa shape index (κ2) is 5.76. The molecule has 142 valence electrons. The van der Waals surface area contributed by atoms with Crippen LogP contribution in [0.5, 0.6) is 0 Å². The van der Waals surface area contributed by atoms with Crippen molar-refractivity contribution in [1.29, 1.82) is 0 Å². The number of carboxylic acids is 1. The minimum Gasteiger partial charge on any atom is -0.480 e. The van der Waals surface area contributed by atoms with Crippen LogP contribution >= 0.6 is 0 Å². The number of benzene rings is 2. The fraction of sp³-hybridized carbons (Fsp3) is 0.238. The van der Waals surface area contributed by atoms with Gasteiger partial charge in [-0.3, -0.25) is 14.4 Å². The van der Waals surface area contributed by atoms with Crippen LogP contribution in [-0.2, 0) is 31.0 Å². The third-order valence-corrected chi connectivity index (χ3v) is 5.65. The Morgan fingerprint density at radius 2 is 1.86 bits per heavy atom. The molecular weight excluding hydrogens is 362 g/mol. The van der Waals surface area contributed by atoms with Gasteiger partial charge in [-0.1, -0.05) is 35.9 Å². The predicted octanol–water partition coefficient (Wildman–Crippen LogP) is 1.66. The summed E-state index contributed by atoms with van der Waals surface area (Å²) in [5.74, 6) is -4.21. The Balaban J connectivity index is 2.10. The van der Waals surface area contributed by atoms with Crippen LogP contribution in [0.25, 0.3) is 0 Å². The Kier molecular flexibility index (Phi) is 3.68. The maximum atomic E-state index is 13.5. The van der Waals surface area contributed by atoms with Gasteiger partial charge < -0.3 is 15.2 Å². The van der Waals surface area contributed by atoms with Crippen molar-refractivity contribution in [3.8, 4) is 0 Å². The fourth-order valence-corrected chi connectivity index (χ4v) is 4.43. The highest BCUT2D eigenvalue weighted by molar-refractivity contribution is 6.34. The van der Waals surface area contributed by atoms with Crippen molar-refractivity contribution in [1.82, 2.24) is 0 Å². The zero-order valence-electron chi connectivity index (χ0n) is 15.2. The highest BCUT2D eigenvalue weighted by Crippen LogP contribution is 2.51. The summed E-state index contributed by atoms with van der Waals surface area (Å²) in [5.41, 5.74) is -3.05. The molecule has 1 aliphatic heterocycles. The van der Waals surface area contributed by atoms with Crippen LogP contribution in [0.4, 0.5) is 5.69 Å². The third-order valence-electron chi connectivity index (χ3n) is 5.65. The number of carbonyl (C=O) groups excluding carboxylic acids is 3. The molecule has 0 bridgehead atoms. The van der Waals surface area contributed by atoms with Gasteiger partial charge >= 0.3 is 11.9 Å². The van der Waals surface area contributed by atoms with Crippen LogP contribution in [0.2, 0.25) is 0 Å². The van der Waals surface area contributed by atoms with Gasteiger partial charge in [0.25, 0.3) is 0 Å². The van der Waals surface area contributed by atoms with Gasteiger partial charge in [0.2, 0.25) is 11.3 Å². The van der Waals surface area contributed by atoms with Gasteiger partial charge in [0.15, 0.2) is 11.2 Å². The first kappa shape index (κ1) is 17.9. The Hall–Kier alpha value is -3.48. The molecule has 7 nitrogen and oxygen atoms in total. The van der Waals surface area contributed by atoms with E-state index in [1.54, 1.807) is 43.3 Å². The molecule has 4 rings (SSSR count). The topological polar surface area (TPSA) is 110 Å². The Morgan fingerprint density at radius 3 is 2.54 bits per heavy atom. The summed E-state index contributed by atoms with van der Waals surface area (Å²) in [6.07, 6.45) is -0.189. The maximum absolute atomic E-state index is 13.5. The van der Waals surface area contributed by atoms with Crippen LogP contribution in [-0.4, -0.2) is 41.3 Å². The lowest BCUT2D eigenvalue weighted by atomic mass is 9.63. The first-order chi connectivity index (χ1) is 13.3. The molecule has 2 N–H and O–H groups in total. The van der Waals surface area contributed by atoms with Crippen LogP contribution in [0, 0.1) is 6.92 Å². The van der Waals surface area contributed by atoms with Crippen molar-refractivity contribution in [2.75, 3.05) is 12.4 Å². The number of rotatable bonds is 3. The molecule has 0 spiro atoms. The average molecular weight is 379 g/mol. The zero-order chi connectivity index (χ0) is 20.3. The second-order valence-electron chi connectivity index (χ2n) is 7.06. The van der Waals surface area contributed by atoms with E-state index >= 15 is 0 Å². The summed E-state index contributed by atoms with van der Waals surface area (Å²) in [7, 11) is 1.06. The van der Waals surface area contributed by atoms with Crippen molar-refractivity contribution in [3.05, 3.63) is 64.7 Å². The van der Waals surface area contributed by atoms with Gasteiger partial charge in [-0.25, -0.2) is 4.79 Å². The van der Waals surface area contributed by atoms with Gasteiger partial charge in [-0.2, -0.15) is 0 Å². The van der Waals surface area contributed by atoms with E-state index in [-0.39, 0.29) is 17.5 Å². The number of aryl methyl sites for hydroxylation is 1. The lowest BCUT2D eigenvalue weighted by Gasteiger charge is -2.39. The average Bonchev–Trinajstić information content (AvgIpc) is 3.13. The summed E-state index contributed by atoms with van der Waals surface area (Å²) < 4.78 is 4.88. The molecule has 0 saturated carbocycles. The molecule has 2 aromatic carbocycles. The van der Waals surface area contributed by atoms with Crippen molar-refractivity contribution in [2.24, 2.45) is 0 Å². The Labute approximate surface area is 160 Å². The maximum Gasteiger partial charge on any atom is 0.341 e. The Bertz CT molecular complexity index is 1070. The summed E-state index contributed by atoms with van der Waals surface area (Å²) in [4.78, 5) is 52.4. The van der Waals surface area contributed by atoms with Crippen LogP contribution in [0.1, 0.15) is 27.0 Å². The molecule has 0 fully saturated rings. The third kappa shape index (κ3) is 1.88. The largest absolute Gasteiger partial charge is 0.480 e. The minimum atomic E-state index is -2.43. The summed E-state index contributed by atoms with van der Waals surface area (Å²) >= 11 is 0. The molecule has 0 aromatic heterocycles. The van der Waals surface area contributed by atoms with E-state index in [0.717, 1.165) is 12.7 Å². The summed E-state index contributed by atoms with van der Waals surface area (Å²) in [6, 6.07) is 11.2. The monoisotopic (exact) mass is 379 g/mol. The van der Waals surface area contributed by atoms with Crippen LogP contribution < -0.4 is 5.32 Å². The molecule has 2 atom stereocenters. The van der Waals surface area contributed by atoms with E-state index in [1.807, 2.05) is 0 Å². The molecule has 0 amide bonds. The van der Waals surface area contributed by atoms with Crippen molar-refractivity contribution in [3.63, 3.8) is 0 Å². The molecule has 0 radical (unpaired) electrons. The number of ketones is 2. The number of hydrogen-bond donors (Lipinski definition) is 2. The van der Waals surface area contributed by atoms with E-state index in [4.69, 9.17) is 4.74 Å². The first-order valence-corrected chi connectivity index (χ1v) is 8.67. The number of anilines is 1. The van der Waals surface area contributed by atoms with E-state index in [2.05, 4.69) is 5.32 Å². The molecule has 1 aliphatic carbocycles. The lowest BCUT2D eigenvalue weighted by molar-refractivity contribution is -0.159. The highest BCUT2D eigenvalue weighted by atomic mass is 16.5. The molecule has 2 aromatic rings. The number of ether oxygens (including phenoxy) is 1. The molecule has 0 unspecified atom stereocenters. The predicted molar refractivity (Wildman–Crippen MR) is 98.3 cm³/mol. The number of methoxy groups -OCH3 is 1. The molecule has 7 heteroatoms. The number of carboxylic acid groups (broad SMARTS) is 1. The molecule has 1 heterocycles. The van der Waals surface area contributed by atoms with Gasteiger partial charge in [0, 0.05) is 17.7 Å². The number of aliphatic carboxylic acids is 1. The lowest BCUT2D eigenvalue weighted by Crippen LogP contribution is -2.70. The molecule has 2 aliphatic rings. The first-order valence-electron chi connectivity index (χ1n) is 8.67. The number of esters is 1. The fourth-order valence-electron chi connectivity index (χ4n) is 4.43. The van der Waals surface area contributed by atoms with E-state index in [0.29, 0.717) is 11.3 Å². The van der Waals surface area contributed by atoms with Gasteiger partial charge in [-0.15, -0.1) is 0 Å². The quantitative estimate of drug-likeness (QED) is 0.616. The number of Topliss-reactive ketones (excluding diaryl/α,β-unsaturated/α-hetero) is 2. The van der Waals surface area contributed by atoms with E-state index in [1.165, 1.54) is 6.07 Å². The summed E-state index contributed by atoms with van der Waals surface area (Å²) in [6.45, 7) is 1.77. The van der Waals surface area contributed by atoms with Gasteiger partial charge in [-0.05, 0) is 30.2 Å². The smallest absolute Gasteiger partial charge is 0.341 e. The van der Waals surface area contributed by atoms with E-state index < -0.39 is 34.5 Å². The molecule has 28 heavy (non-hydrogen) atoms. The zero-order valence-corrected chi connectivity index (χ0v) is 15.2. The van der Waals surface area contributed by atoms with Crippen LogP contribution in [0.15, 0.2) is 42.5 Å². The number of nitrogens with one attached hydrogen (secondary N) is 1. The molecular formula is C21H17NO6. The normalized spacial score (nSPS) is 25.1. The van der Waals surface area contributed by atoms with E-state index in [9.17, 15) is 24.3 Å². The number of carbonyl (C=O) groups is 4. The van der Waals surface area contributed by atoms with Crippen LogP contribution in [0.3, 0.4) is 0 Å². The SMILES string of the molecule is COC(=O)[C@@]1([C@]2(C(=O)O)C(=O)Cc3ccccc32)Nc2ccc(C)cc2C1=O. The van der Waals surface area contributed by atoms with Gasteiger partial charge in [0.05, 0.1) is 7.11 Å². The Morgan fingerprint density at radius 1 is 1.14 bits per heavy atom. The van der Waals surface area contributed by atoms with Crippen molar-refractivity contribution >= 4 is 29.2 Å². The van der Waals surface area contributed by atoms with Crippen molar-refractivity contribution < 1.29 is 29.0 Å². The minimum absolute atomic E-state index is 0.128. The van der Waals surface area contributed by atoms with Gasteiger partial charge in [0.1, 0.15) is 0 Å². The summed E-state index contributed by atoms with van der Waals surface area (Å²) in [5, 5.41) is 13.1. The second-order valence-corrected chi connectivity index (χ2v) is 7.06. The van der Waals surface area contributed by atoms with Crippen molar-refractivity contribution in [2.45, 2.75) is 24.3 Å². The number of hydrogen-bond acceptors (Lipinski definition) is 6. The number of fused-ring (bicyclic) bond motifs is 2. The molecule has 0 saturated heterocycles.